The van der Waals surface area contributed by atoms with Crippen molar-refractivity contribution in [2.45, 2.75) is 25.5 Å². The number of carboxylic acids is 1. The molecule has 19 heavy (non-hydrogen) atoms. The maximum absolute atomic E-state index is 12.0. The molecule has 1 aliphatic rings. The van der Waals surface area contributed by atoms with Crippen LogP contribution in [0.3, 0.4) is 0 Å². The van der Waals surface area contributed by atoms with Gasteiger partial charge in [0.25, 0.3) is 15.9 Å². The zero-order chi connectivity index (χ0) is 14.6. The van der Waals surface area contributed by atoms with E-state index < -0.39 is 26.6 Å². The first kappa shape index (κ1) is 13.5. The second-order valence-electron chi connectivity index (χ2n) is 4.89. The van der Waals surface area contributed by atoms with E-state index >= 15 is 0 Å². The van der Waals surface area contributed by atoms with Crippen LogP contribution in [0.1, 0.15) is 29.8 Å². The topological polar surface area (TPSA) is 91.8 Å². The number of aromatic carboxylic acids is 1. The number of hydrogen-bond acceptors (Lipinski definition) is 4. The SMILES string of the molecule is Cc1ccc(N2C(=O)C(C)(C)S2(=O)=O)cc1C(=O)O. The Kier molecular flexibility index (Phi) is 2.71. The summed E-state index contributed by atoms with van der Waals surface area (Å²) in [5.41, 5.74) is 0.540. The lowest BCUT2D eigenvalue weighted by atomic mass is 10.1. The molecule has 0 saturated carbocycles. The highest BCUT2D eigenvalue weighted by atomic mass is 32.2. The van der Waals surface area contributed by atoms with Crippen LogP contribution in [0.15, 0.2) is 18.2 Å². The van der Waals surface area contributed by atoms with Crippen LogP contribution in [0.4, 0.5) is 5.69 Å². The fourth-order valence-corrected chi connectivity index (χ4v) is 3.35. The molecule has 0 unspecified atom stereocenters. The van der Waals surface area contributed by atoms with Crippen molar-refractivity contribution in [3.05, 3.63) is 29.3 Å². The summed E-state index contributed by atoms with van der Waals surface area (Å²) in [6.07, 6.45) is 0. The maximum atomic E-state index is 12.0. The van der Waals surface area contributed by atoms with Crippen LogP contribution < -0.4 is 4.31 Å². The number of carboxylic acid groups (broad SMARTS) is 1. The number of sulfonamides is 1. The summed E-state index contributed by atoms with van der Waals surface area (Å²) in [7, 11) is -3.77. The van der Waals surface area contributed by atoms with Crippen molar-refractivity contribution in [2.24, 2.45) is 0 Å². The van der Waals surface area contributed by atoms with Crippen molar-refractivity contribution < 1.29 is 23.1 Å². The fraction of sp³-hybridized carbons (Fsp3) is 0.333. The Balaban J connectivity index is 2.54. The quantitative estimate of drug-likeness (QED) is 0.879. The lowest BCUT2D eigenvalue weighted by Gasteiger charge is -2.42. The number of carbonyl (C=O) groups excluding carboxylic acids is 1. The van der Waals surface area contributed by atoms with Crippen molar-refractivity contribution in [1.82, 2.24) is 0 Å². The number of amides is 1. The van der Waals surface area contributed by atoms with Crippen molar-refractivity contribution in [3.63, 3.8) is 0 Å². The zero-order valence-electron chi connectivity index (χ0n) is 10.7. The highest BCUT2D eigenvalue weighted by molar-refractivity contribution is 7.98. The summed E-state index contributed by atoms with van der Waals surface area (Å²) in [5.74, 6) is -1.73. The summed E-state index contributed by atoms with van der Waals surface area (Å²) >= 11 is 0. The number of hydrogen-bond donors (Lipinski definition) is 1. The Bertz CT molecular complexity index is 690. The van der Waals surface area contributed by atoms with Gasteiger partial charge in [0.05, 0.1) is 11.3 Å². The van der Waals surface area contributed by atoms with Gasteiger partial charge in [-0.15, -0.1) is 0 Å². The van der Waals surface area contributed by atoms with E-state index in [0.29, 0.717) is 9.87 Å². The Hall–Kier alpha value is -1.89. The number of nitrogens with zero attached hydrogens (tertiary/aromatic N) is 1. The molecule has 6 nitrogen and oxygen atoms in total. The van der Waals surface area contributed by atoms with E-state index in [1.165, 1.54) is 32.0 Å². The van der Waals surface area contributed by atoms with Crippen molar-refractivity contribution in [1.29, 1.82) is 0 Å². The molecule has 1 amide bonds. The molecule has 0 bridgehead atoms. The smallest absolute Gasteiger partial charge is 0.336 e. The molecule has 0 aromatic heterocycles. The molecule has 1 saturated heterocycles. The summed E-state index contributed by atoms with van der Waals surface area (Å²) in [4.78, 5) is 22.9. The monoisotopic (exact) mass is 283 g/mol. The van der Waals surface area contributed by atoms with E-state index in [-0.39, 0.29) is 11.3 Å². The standard InChI is InChI=1S/C12H13NO5S/c1-7-4-5-8(6-9(7)10(14)15)13-11(16)12(2,3)19(13,17)18/h4-6H,1-3H3,(H,14,15). The van der Waals surface area contributed by atoms with Gasteiger partial charge in [0, 0.05) is 0 Å². The fourth-order valence-electron chi connectivity index (χ4n) is 1.88. The van der Waals surface area contributed by atoms with Gasteiger partial charge in [-0.05, 0) is 38.5 Å². The van der Waals surface area contributed by atoms with Crippen LogP contribution in [0.5, 0.6) is 0 Å². The highest BCUT2D eigenvalue weighted by Gasteiger charge is 2.60. The number of rotatable bonds is 2. The van der Waals surface area contributed by atoms with E-state index in [1.54, 1.807) is 6.92 Å². The minimum absolute atomic E-state index is 0.0230. The molecular formula is C12H13NO5S. The van der Waals surface area contributed by atoms with Gasteiger partial charge in [0.1, 0.15) is 0 Å². The molecule has 1 aromatic carbocycles. The third-order valence-electron chi connectivity index (χ3n) is 3.27. The van der Waals surface area contributed by atoms with E-state index in [4.69, 9.17) is 5.11 Å². The Morgan fingerprint density at radius 2 is 1.89 bits per heavy atom. The highest BCUT2D eigenvalue weighted by Crippen LogP contribution is 2.39. The first-order valence-electron chi connectivity index (χ1n) is 5.54. The minimum Gasteiger partial charge on any atom is -0.478 e. The van der Waals surface area contributed by atoms with Crippen LogP contribution in [0.2, 0.25) is 0 Å². The van der Waals surface area contributed by atoms with Gasteiger partial charge >= 0.3 is 5.97 Å². The van der Waals surface area contributed by atoms with E-state index in [2.05, 4.69) is 0 Å². The average molecular weight is 283 g/mol. The van der Waals surface area contributed by atoms with Gasteiger partial charge in [0.2, 0.25) is 0 Å². The van der Waals surface area contributed by atoms with Crippen molar-refractivity contribution in [3.8, 4) is 0 Å². The van der Waals surface area contributed by atoms with Gasteiger partial charge in [-0.1, -0.05) is 6.07 Å². The zero-order valence-corrected chi connectivity index (χ0v) is 11.5. The summed E-state index contributed by atoms with van der Waals surface area (Å²) < 4.78 is 23.2. The predicted molar refractivity (Wildman–Crippen MR) is 68.6 cm³/mol. The molecule has 1 aromatic rings. The second kappa shape index (κ2) is 3.80. The third kappa shape index (κ3) is 1.65. The molecule has 1 heterocycles. The van der Waals surface area contributed by atoms with E-state index in [9.17, 15) is 18.0 Å². The predicted octanol–water partition coefficient (Wildman–Crippen LogP) is 1.15. The molecule has 0 radical (unpaired) electrons. The van der Waals surface area contributed by atoms with E-state index in [1.807, 2.05) is 0 Å². The van der Waals surface area contributed by atoms with Crippen LogP contribution in [-0.2, 0) is 14.8 Å². The minimum atomic E-state index is -3.77. The molecule has 0 atom stereocenters. The first-order valence-corrected chi connectivity index (χ1v) is 6.98. The molecule has 2 rings (SSSR count). The molecular weight excluding hydrogens is 270 g/mol. The summed E-state index contributed by atoms with van der Waals surface area (Å²) in [6, 6.07) is 4.10. The Morgan fingerprint density at radius 3 is 2.37 bits per heavy atom. The summed E-state index contributed by atoms with van der Waals surface area (Å²) in [6.45, 7) is 4.25. The lowest BCUT2D eigenvalue weighted by molar-refractivity contribution is -0.120. The van der Waals surface area contributed by atoms with Gasteiger partial charge < -0.3 is 5.11 Å². The van der Waals surface area contributed by atoms with E-state index in [0.717, 1.165) is 0 Å². The average Bonchev–Trinajstić information content (AvgIpc) is 2.30. The molecule has 102 valence electrons. The molecule has 0 spiro atoms. The van der Waals surface area contributed by atoms with Crippen LogP contribution in [0, 0.1) is 6.92 Å². The molecule has 1 aliphatic heterocycles. The third-order valence-corrected chi connectivity index (χ3v) is 5.59. The molecule has 0 aliphatic carbocycles. The number of aryl methyl sites for hydroxylation is 1. The Labute approximate surface area is 110 Å². The van der Waals surface area contributed by atoms with Crippen LogP contribution in [0.25, 0.3) is 0 Å². The first-order chi connectivity index (χ1) is 8.60. The van der Waals surface area contributed by atoms with Crippen LogP contribution in [-0.4, -0.2) is 30.1 Å². The number of anilines is 1. The molecule has 1 N–H and O–H groups in total. The van der Waals surface area contributed by atoms with Gasteiger partial charge in [-0.3, -0.25) is 4.79 Å². The normalized spacial score (nSPS) is 19.9. The Morgan fingerprint density at radius 1 is 1.32 bits per heavy atom. The summed E-state index contributed by atoms with van der Waals surface area (Å²) in [5, 5.41) is 9.01. The van der Waals surface area contributed by atoms with Crippen LogP contribution >= 0.6 is 0 Å². The van der Waals surface area contributed by atoms with Gasteiger partial charge in [-0.2, -0.15) is 0 Å². The largest absolute Gasteiger partial charge is 0.478 e. The van der Waals surface area contributed by atoms with Gasteiger partial charge in [-0.25, -0.2) is 17.5 Å². The maximum Gasteiger partial charge on any atom is 0.336 e. The second-order valence-corrected chi connectivity index (χ2v) is 7.23. The van der Waals surface area contributed by atoms with Crippen molar-refractivity contribution in [2.75, 3.05) is 4.31 Å². The van der Waals surface area contributed by atoms with Crippen molar-refractivity contribution >= 4 is 27.6 Å². The molecule has 1 fully saturated rings. The van der Waals surface area contributed by atoms with Gasteiger partial charge in [0.15, 0.2) is 4.75 Å². The lowest BCUT2D eigenvalue weighted by Crippen LogP contribution is -2.67. The number of carbonyl (C=O) groups is 2. The molecule has 7 heteroatoms. The number of benzene rings is 1.